The first-order chi connectivity index (χ1) is 6.77. The Kier molecular flexibility index (Phi) is 1.56. The molecule has 14 heavy (non-hydrogen) atoms. The highest BCUT2D eigenvalue weighted by Gasteiger charge is 2.27. The van der Waals surface area contributed by atoms with Gasteiger partial charge in [0, 0.05) is 11.4 Å². The molecule has 0 unspecified atom stereocenters. The van der Waals surface area contributed by atoms with Crippen LogP contribution in [-0.2, 0) is 0 Å². The first kappa shape index (κ1) is 8.17. The Balaban J connectivity index is 2.27. The number of fused-ring (bicyclic) bond motifs is 3. The number of aliphatic imine (C=N–C) groups is 2. The van der Waals surface area contributed by atoms with Crippen LogP contribution >= 0.6 is 11.3 Å². The van der Waals surface area contributed by atoms with Crippen molar-refractivity contribution in [2.24, 2.45) is 9.98 Å². The maximum atomic E-state index is 4.53. The Morgan fingerprint density at radius 1 is 1.43 bits per heavy atom. The fourth-order valence-electron chi connectivity index (χ4n) is 1.88. The maximum absolute atomic E-state index is 4.53. The maximum Gasteiger partial charge on any atom is 0.139 e. The molecule has 0 saturated carbocycles. The van der Waals surface area contributed by atoms with Crippen molar-refractivity contribution < 1.29 is 0 Å². The number of thiophene rings is 1. The molecule has 0 aromatic carbocycles. The third-order valence-corrected chi connectivity index (χ3v) is 3.89. The Bertz CT molecular complexity index is 456. The van der Waals surface area contributed by atoms with Crippen LogP contribution in [0, 0.1) is 13.8 Å². The highest BCUT2D eigenvalue weighted by Crippen LogP contribution is 2.38. The van der Waals surface area contributed by atoms with Crippen molar-refractivity contribution in [1.29, 1.82) is 0 Å². The minimum atomic E-state index is 0.898. The van der Waals surface area contributed by atoms with Gasteiger partial charge in [-0.1, -0.05) is 0 Å². The molecule has 0 amide bonds. The van der Waals surface area contributed by atoms with Crippen LogP contribution < -0.4 is 0 Å². The van der Waals surface area contributed by atoms with E-state index in [0.29, 0.717) is 0 Å². The summed E-state index contributed by atoms with van der Waals surface area (Å²) in [4.78, 5) is 12.5. The molecule has 3 heterocycles. The Morgan fingerprint density at radius 2 is 2.29 bits per heavy atom. The van der Waals surface area contributed by atoms with E-state index >= 15 is 0 Å². The number of rotatable bonds is 0. The first-order valence-electron chi connectivity index (χ1n) is 4.73. The van der Waals surface area contributed by atoms with Gasteiger partial charge in [-0.25, -0.2) is 4.99 Å². The topological polar surface area (TPSA) is 28.0 Å². The monoisotopic (exact) mass is 205 g/mol. The van der Waals surface area contributed by atoms with Crippen molar-refractivity contribution in [3.05, 3.63) is 16.0 Å². The zero-order chi connectivity index (χ0) is 9.71. The van der Waals surface area contributed by atoms with Crippen molar-refractivity contribution in [2.45, 2.75) is 13.8 Å². The molecule has 2 aliphatic heterocycles. The van der Waals surface area contributed by atoms with Gasteiger partial charge in [0.05, 0.1) is 18.4 Å². The lowest BCUT2D eigenvalue weighted by atomic mass is 10.1. The number of hydrogen-bond donors (Lipinski definition) is 0. The molecule has 0 aliphatic carbocycles. The van der Waals surface area contributed by atoms with Crippen molar-refractivity contribution >= 4 is 28.5 Å². The molecule has 0 saturated heterocycles. The summed E-state index contributed by atoms with van der Waals surface area (Å²) < 4.78 is 0. The van der Waals surface area contributed by atoms with Crippen LogP contribution in [0.25, 0.3) is 0 Å². The molecular weight excluding hydrogens is 194 g/mol. The van der Waals surface area contributed by atoms with E-state index in [1.165, 1.54) is 16.0 Å². The summed E-state index contributed by atoms with van der Waals surface area (Å²) >= 11 is 1.76. The third kappa shape index (κ3) is 0.917. The quantitative estimate of drug-likeness (QED) is 0.637. The number of hydrogen-bond acceptors (Lipinski definition) is 4. The Hall–Kier alpha value is -1.16. The van der Waals surface area contributed by atoms with Gasteiger partial charge in [-0.15, -0.1) is 11.3 Å². The number of nitrogens with zero attached hydrogens (tertiary/aromatic N) is 3. The Labute approximate surface area is 86.8 Å². The molecule has 0 radical (unpaired) electrons. The summed E-state index contributed by atoms with van der Waals surface area (Å²) in [6, 6.07) is 0. The fourth-order valence-corrected chi connectivity index (χ4v) is 2.87. The molecule has 0 atom stereocenters. The molecular formula is C10H11N3S. The van der Waals surface area contributed by atoms with Gasteiger partial charge >= 0.3 is 0 Å². The molecule has 72 valence electrons. The first-order valence-corrected chi connectivity index (χ1v) is 5.54. The van der Waals surface area contributed by atoms with E-state index in [0.717, 1.165) is 23.9 Å². The van der Waals surface area contributed by atoms with Gasteiger partial charge < -0.3 is 4.90 Å². The van der Waals surface area contributed by atoms with Crippen molar-refractivity contribution in [3.8, 4) is 0 Å². The second kappa shape index (κ2) is 2.67. The van der Waals surface area contributed by atoms with E-state index in [1.54, 1.807) is 11.3 Å². The molecule has 3 nitrogen and oxygen atoms in total. The summed E-state index contributed by atoms with van der Waals surface area (Å²) in [6.07, 6.45) is 1.91. The van der Waals surface area contributed by atoms with Crippen LogP contribution in [0.3, 0.4) is 0 Å². The average molecular weight is 205 g/mol. The van der Waals surface area contributed by atoms with E-state index in [2.05, 4.69) is 28.7 Å². The van der Waals surface area contributed by atoms with Crippen LogP contribution in [0.2, 0.25) is 0 Å². The molecule has 0 bridgehead atoms. The molecule has 0 fully saturated rings. The summed E-state index contributed by atoms with van der Waals surface area (Å²) in [5.41, 5.74) is 2.60. The minimum Gasteiger partial charge on any atom is -0.315 e. The summed E-state index contributed by atoms with van der Waals surface area (Å²) in [5, 5.41) is 1.12. The van der Waals surface area contributed by atoms with E-state index in [9.17, 15) is 0 Å². The largest absolute Gasteiger partial charge is 0.315 e. The van der Waals surface area contributed by atoms with Crippen LogP contribution in [0.15, 0.2) is 9.98 Å². The standard InChI is InChI=1S/C10H11N3S/c1-6-7(2)14-10-8(6)9-11-3-4-13(9)5-12-10/h5H,3-4H2,1-2H3. The molecule has 3 rings (SSSR count). The molecule has 4 heteroatoms. The molecule has 1 aromatic rings. The zero-order valence-corrected chi connectivity index (χ0v) is 9.06. The lowest BCUT2D eigenvalue weighted by molar-refractivity contribution is 0.681. The van der Waals surface area contributed by atoms with Crippen LogP contribution in [0.1, 0.15) is 16.0 Å². The highest BCUT2D eigenvalue weighted by molar-refractivity contribution is 7.16. The predicted molar refractivity (Wildman–Crippen MR) is 60.1 cm³/mol. The number of amidine groups is 1. The zero-order valence-electron chi connectivity index (χ0n) is 8.24. The third-order valence-electron chi connectivity index (χ3n) is 2.78. The smallest absolute Gasteiger partial charge is 0.139 e. The van der Waals surface area contributed by atoms with Crippen LogP contribution in [0.5, 0.6) is 0 Å². The van der Waals surface area contributed by atoms with Gasteiger partial charge in [0.25, 0.3) is 0 Å². The van der Waals surface area contributed by atoms with Crippen molar-refractivity contribution in [2.75, 3.05) is 13.1 Å². The molecule has 0 N–H and O–H groups in total. The van der Waals surface area contributed by atoms with Crippen molar-refractivity contribution in [1.82, 2.24) is 4.90 Å². The molecule has 0 spiro atoms. The van der Waals surface area contributed by atoms with Gasteiger partial charge in [0.1, 0.15) is 10.8 Å². The second-order valence-corrected chi connectivity index (χ2v) is 4.81. The van der Waals surface area contributed by atoms with Crippen LogP contribution in [0.4, 0.5) is 5.00 Å². The summed E-state index contributed by atoms with van der Waals surface area (Å²) in [5.74, 6) is 1.12. The van der Waals surface area contributed by atoms with Gasteiger partial charge in [-0.3, -0.25) is 4.99 Å². The van der Waals surface area contributed by atoms with E-state index in [4.69, 9.17) is 0 Å². The highest BCUT2D eigenvalue weighted by atomic mass is 32.1. The molecule has 2 aliphatic rings. The lowest BCUT2D eigenvalue weighted by Crippen LogP contribution is -2.29. The van der Waals surface area contributed by atoms with Crippen molar-refractivity contribution in [3.63, 3.8) is 0 Å². The second-order valence-electron chi connectivity index (χ2n) is 3.61. The van der Waals surface area contributed by atoms with E-state index in [1.807, 2.05) is 6.34 Å². The van der Waals surface area contributed by atoms with Gasteiger partial charge in [-0.05, 0) is 19.4 Å². The minimum absolute atomic E-state index is 0.898. The Morgan fingerprint density at radius 3 is 3.14 bits per heavy atom. The SMILES string of the molecule is Cc1sc2c(c1C)C1=NCCN1C=N2. The summed E-state index contributed by atoms with van der Waals surface area (Å²) in [6.45, 7) is 6.18. The lowest BCUT2D eigenvalue weighted by Gasteiger charge is -2.18. The fraction of sp³-hybridized carbons (Fsp3) is 0.400. The predicted octanol–water partition coefficient (Wildman–Crippen LogP) is 2.10. The van der Waals surface area contributed by atoms with Gasteiger partial charge in [-0.2, -0.15) is 0 Å². The van der Waals surface area contributed by atoms with Gasteiger partial charge in [0.15, 0.2) is 0 Å². The van der Waals surface area contributed by atoms with E-state index < -0.39 is 0 Å². The van der Waals surface area contributed by atoms with Gasteiger partial charge in [0.2, 0.25) is 0 Å². The number of aryl methyl sites for hydroxylation is 1. The summed E-state index contributed by atoms with van der Waals surface area (Å²) in [7, 11) is 0. The molecule has 1 aromatic heterocycles. The van der Waals surface area contributed by atoms with Crippen LogP contribution in [-0.4, -0.2) is 30.2 Å². The van der Waals surface area contributed by atoms with E-state index in [-0.39, 0.29) is 0 Å². The average Bonchev–Trinajstić information content (AvgIpc) is 2.72. The normalized spacial score (nSPS) is 18.1.